The van der Waals surface area contributed by atoms with Gasteiger partial charge in [-0.05, 0) is 25.8 Å². The molecule has 2 nitrogen and oxygen atoms in total. The van der Waals surface area contributed by atoms with E-state index in [1.54, 1.807) is 0 Å². The molecule has 1 aliphatic rings. The third-order valence-electron chi connectivity index (χ3n) is 2.84. The largest absolute Gasteiger partial charge is 0.313 e. The molecule has 0 aromatic heterocycles. The van der Waals surface area contributed by atoms with E-state index in [1.807, 2.05) is 0 Å². The Kier molecular flexibility index (Phi) is 4.74. The van der Waals surface area contributed by atoms with Crippen molar-refractivity contribution in [1.82, 2.24) is 10.2 Å². The van der Waals surface area contributed by atoms with Gasteiger partial charge in [0.15, 0.2) is 0 Å². The molecule has 0 atom stereocenters. The molecule has 1 aliphatic carbocycles. The minimum Gasteiger partial charge on any atom is -0.313 e. The summed E-state index contributed by atoms with van der Waals surface area (Å²) < 4.78 is 0. The first-order valence-electron chi connectivity index (χ1n) is 5.60. The predicted octanol–water partition coefficient (Wildman–Crippen LogP) is 1.72. The molecule has 78 valence electrons. The van der Waals surface area contributed by atoms with Crippen LogP contribution in [0, 0.1) is 5.92 Å². The fourth-order valence-electron chi connectivity index (χ4n) is 1.75. The summed E-state index contributed by atoms with van der Waals surface area (Å²) in [5, 5.41) is 3.44. The van der Waals surface area contributed by atoms with Crippen LogP contribution in [0.15, 0.2) is 0 Å². The van der Waals surface area contributed by atoms with Gasteiger partial charge in [0.25, 0.3) is 0 Å². The number of hydrogen-bond acceptors (Lipinski definition) is 2. The summed E-state index contributed by atoms with van der Waals surface area (Å²) in [6.07, 6.45) is 4.38. The SMILES string of the molecule is CC(C)NCCN(C)CC1CCC1. The van der Waals surface area contributed by atoms with Gasteiger partial charge in [0, 0.05) is 25.7 Å². The summed E-state index contributed by atoms with van der Waals surface area (Å²) in [5.41, 5.74) is 0. The zero-order valence-corrected chi connectivity index (χ0v) is 9.34. The van der Waals surface area contributed by atoms with E-state index in [0.29, 0.717) is 6.04 Å². The van der Waals surface area contributed by atoms with Crippen molar-refractivity contribution in [1.29, 1.82) is 0 Å². The Bertz CT molecular complexity index is 130. The van der Waals surface area contributed by atoms with Gasteiger partial charge in [0.05, 0.1) is 0 Å². The van der Waals surface area contributed by atoms with Gasteiger partial charge >= 0.3 is 0 Å². The fourth-order valence-corrected chi connectivity index (χ4v) is 1.75. The van der Waals surface area contributed by atoms with Crippen molar-refractivity contribution in [3.8, 4) is 0 Å². The standard InChI is InChI=1S/C11H24N2/c1-10(2)12-7-8-13(3)9-11-5-4-6-11/h10-12H,4-9H2,1-3H3. The highest BCUT2D eigenvalue weighted by atomic mass is 15.1. The van der Waals surface area contributed by atoms with Gasteiger partial charge < -0.3 is 10.2 Å². The van der Waals surface area contributed by atoms with E-state index in [9.17, 15) is 0 Å². The molecule has 2 heteroatoms. The Morgan fingerprint density at radius 2 is 2.08 bits per heavy atom. The zero-order chi connectivity index (χ0) is 9.68. The maximum atomic E-state index is 3.44. The third kappa shape index (κ3) is 4.63. The first-order valence-corrected chi connectivity index (χ1v) is 5.60. The Hall–Kier alpha value is -0.0800. The molecular formula is C11H24N2. The number of hydrogen-bond donors (Lipinski definition) is 1. The van der Waals surface area contributed by atoms with Crippen LogP contribution in [-0.2, 0) is 0 Å². The van der Waals surface area contributed by atoms with Gasteiger partial charge in [-0.15, -0.1) is 0 Å². The van der Waals surface area contributed by atoms with Crippen LogP contribution in [0.2, 0.25) is 0 Å². The molecule has 0 bridgehead atoms. The van der Waals surface area contributed by atoms with Crippen molar-refractivity contribution in [2.45, 2.75) is 39.2 Å². The predicted molar refractivity (Wildman–Crippen MR) is 58.0 cm³/mol. The van der Waals surface area contributed by atoms with E-state index < -0.39 is 0 Å². The molecule has 0 radical (unpaired) electrons. The molecule has 1 N–H and O–H groups in total. The summed E-state index contributed by atoms with van der Waals surface area (Å²) in [6, 6.07) is 0.622. The van der Waals surface area contributed by atoms with Crippen LogP contribution in [-0.4, -0.2) is 37.6 Å². The zero-order valence-electron chi connectivity index (χ0n) is 9.34. The molecule has 0 aromatic carbocycles. The summed E-state index contributed by atoms with van der Waals surface area (Å²) in [6.45, 7) is 8.02. The first kappa shape index (κ1) is 11.0. The van der Waals surface area contributed by atoms with E-state index in [0.717, 1.165) is 12.5 Å². The molecule has 0 saturated heterocycles. The lowest BCUT2D eigenvalue weighted by Gasteiger charge is -2.30. The van der Waals surface area contributed by atoms with Crippen LogP contribution in [0.5, 0.6) is 0 Å². The second-order valence-corrected chi connectivity index (χ2v) is 4.67. The van der Waals surface area contributed by atoms with E-state index in [-0.39, 0.29) is 0 Å². The molecule has 1 fully saturated rings. The first-order chi connectivity index (χ1) is 6.18. The summed E-state index contributed by atoms with van der Waals surface area (Å²) in [7, 11) is 2.24. The average molecular weight is 184 g/mol. The second kappa shape index (κ2) is 5.61. The van der Waals surface area contributed by atoms with Gasteiger partial charge in [-0.1, -0.05) is 20.3 Å². The molecule has 0 unspecified atom stereocenters. The minimum absolute atomic E-state index is 0.622. The van der Waals surface area contributed by atoms with Crippen LogP contribution < -0.4 is 5.32 Å². The number of nitrogens with one attached hydrogen (secondary N) is 1. The van der Waals surface area contributed by atoms with Crippen molar-refractivity contribution < 1.29 is 0 Å². The number of likely N-dealkylation sites (N-methyl/N-ethyl adjacent to an activating group) is 1. The second-order valence-electron chi connectivity index (χ2n) is 4.67. The molecule has 1 saturated carbocycles. The maximum Gasteiger partial charge on any atom is 0.0104 e. The molecule has 13 heavy (non-hydrogen) atoms. The highest BCUT2D eigenvalue weighted by Gasteiger charge is 2.18. The smallest absolute Gasteiger partial charge is 0.0104 e. The maximum absolute atomic E-state index is 3.44. The van der Waals surface area contributed by atoms with Crippen molar-refractivity contribution in [2.75, 3.05) is 26.7 Å². The molecular weight excluding hydrogens is 160 g/mol. The van der Waals surface area contributed by atoms with Crippen LogP contribution in [0.25, 0.3) is 0 Å². The minimum atomic E-state index is 0.622. The summed E-state index contributed by atoms with van der Waals surface area (Å²) in [4.78, 5) is 2.46. The van der Waals surface area contributed by atoms with E-state index in [4.69, 9.17) is 0 Å². The topological polar surface area (TPSA) is 15.3 Å². The van der Waals surface area contributed by atoms with Crippen molar-refractivity contribution >= 4 is 0 Å². The Morgan fingerprint density at radius 3 is 2.54 bits per heavy atom. The normalized spacial score (nSPS) is 18.2. The molecule has 0 spiro atoms. The lowest BCUT2D eigenvalue weighted by molar-refractivity contribution is 0.205. The summed E-state index contributed by atoms with van der Waals surface area (Å²) in [5.74, 6) is 1.00. The van der Waals surface area contributed by atoms with Gasteiger partial charge in [0.2, 0.25) is 0 Å². The van der Waals surface area contributed by atoms with Crippen LogP contribution in [0.3, 0.4) is 0 Å². The van der Waals surface area contributed by atoms with Crippen molar-refractivity contribution in [3.63, 3.8) is 0 Å². The molecule has 0 heterocycles. The Balaban J connectivity index is 1.93. The molecule has 0 aromatic rings. The molecule has 0 aliphatic heterocycles. The monoisotopic (exact) mass is 184 g/mol. The molecule has 1 rings (SSSR count). The van der Waals surface area contributed by atoms with Crippen molar-refractivity contribution in [2.24, 2.45) is 5.92 Å². The van der Waals surface area contributed by atoms with Gasteiger partial charge in [-0.3, -0.25) is 0 Å². The van der Waals surface area contributed by atoms with Gasteiger partial charge in [-0.25, -0.2) is 0 Å². The third-order valence-corrected chi connectivity index (χ3v) is 2.84. The lowest BCUT2D eigenvalue weighted by Crippen LogP contribution is -2.36. The highest BCUT2D eigenvalue weighted by Crippen LogP contribution is 2.26. The van der Waals surface area contributed by atoms with E-state index >= 15 is 0 Å². The lowest BCUT2D eigenvalue weighted by atomic mass is 9.85. The Labute approximate surface area is 82.7 Å². The molecule has 0 amide bonds. The summed E-state index contributed by atoms with van der Waals surface area (Å²) >= 11 is 0. The van der Waals surface area contributed by atoms with Gasteiger partial charge in [0.1, 0.15) is 0 Å². The van der Waals surface area contributed by atoms with Crippen LogP contribution >= 0.6 is 0 Å². The number of rotatable bonds is 6. The van der Waals surface area contributed by atoms with E-state index in [1.165, 1.54) is 32.4 Å². The van der Waals surface area contributed by atoms with Crippen molar-refractivity contribution in [3.05, 3.63) is 0 Å². The van der Waals surface area contributed by atoms with Gasteiger partial charge in [-0.2, -0.15) is 0 Å². The fraction of sp³-hybridized carbons (Fsp3) is 1.00. The van der Waals surface area contributed by atoms with Crippen LogP contribution in [0.1, 0.15) is 33.1 Å². The van der Waals surface area contributed by atoms with E-state index in [2.05, 4.69) is 31.1 Å². The Morgan fingerprint density at radius 1 is 1.38 bits per heavy atom. The quantitative estimate of drug-likeness (QED) is 0.676. The van der Waals surface area contributed by atoms with Crippen LogP contribution in [0.4, 0.5) is 0 Å². The average Bonchev–Trinajstić information content (AvgIpc) is 1.96. The number of nitrogens with zero attached hydrogens (tertiary/aromatic N) is 1. The highest BCUT2D eigenvalue weighted by molar-refractivity contribution is 4.72.